The standard InChI is InChI=1S/C9H21NOSi/c1-12(2,3)8-10-6-4-5-9(11)7-10/h9,11H,4-8H2,1-3H3. The number of rotatable bonds is 2. The molecule has 0 aromatic heterocycles. The molecule has 1 rings (SSSR count). The number of likely N-dealkylation sites (tertiary alicyclic amines) is 1. The SMILES string of the molecule is C[Si](C)(C)CN1CCCC(O)C1. The molecule has 12 heavy (non-hydrogen) atoms. The highest BCUT2D eigenvalue weighted by molar-refractivity contribution is 6.76. The Bertz CT molecular complexity index is 144. The Hall–Kier alpha value is 0.137. The molecular formula is C9H21NOSi. The van der Waals surface area contributed by atoms with Crippen LogP contribution < -0.4 is 0 Å². The molecule has 0 bridgehead atoms. The summed E-state index contributed by atoms with van der Waals surface area (Å²) in [7, 11) is -0.959. The lowest BCUT2D eigenvalue weighted by atomic mass is 10.1. The van der Waals surface area contributed by atoms with Crippen LogP contribution in [0.4, 0.5) is 0 Å². The van der Waals surface area contributed by atoms with Crippen molar-refractivity contribution < 1.29 is 5.11 Å². The summed E-state index contributed by atoms with van der Waals surface area (Å²) in [6, 6.07) is 0. The maximum Gasteiger partial charge on any atom is 0.0667 e. The zero-order valence-electron chi connectivity index (χ0n) is 8.51. The smallest absolute Gasteiger partial charge is 0.0667 e. The number of hydrogen-bond donors (Lipinski definition) is 1. The largest absolute Gasteiger partial charge is 0.392 e. The topological polar surface area (TPSA) is 23.5 Å². The van der Waals surface area contributed by atoms with Gasteiger partial charge < -0.3 is 10.0 Å². The van der Waals surface area contributed by atoms with Gasteiger partial charge in [-0.1, -0.05) is 19.6 Å². The van der Waals surface area contributed by atoms with Crippen LogP contribution >= 0.6 is 0 Å². The van der Waals surface area contributed by atoms with Gasteiger partial charge in [0, 0.05) is 6.54 Å². The van der Waals surface area contributed by atoms with Crippen LogP contribution in [0, 0.1) is 0 Å². The summed E-state index contributed by atoms with van der Waals surface area (Å²) in [5, 5.41) is 9.45. The van der Waals surface area contributed by atoms with E-state index in [4.69, 9.17) is 0 Å². The predicted octanol–water partition coefficient (Wildman–Crippen LogP) is 1.32. The van der Waals surface area contributed by atoms with Crippen LogP contribution in [0.25, 0.3) is 0 Å². The Kier molecular flexibility index (Phi) is 3.32. The van der Waals surface area contributed by atoms with Crippen molar-refractivity contribution in [2.45, 2.75) is 38.6 Å². The second-order valence-electron chi connectivity index (χ2n) is 5.09. The first-order valence-corrected chi connectivity index (χ1v) is 8.58. The van der Waals surface area contributed by atoms with Crippen LogP contribution in [0.2, 0.25) is 19.6 Å². The van der Waals surface area contributed by atoms with E-state index < -0.39 is 8.07 Å². The molecule has 1 aliphatic rings. The second-order valence-corrected chi connectivity index (χ2v) is 10.5. The van der Waals surface area contributed by atoms with Gasteiger partial charge in [0.25, 0.3) is 0 Å². The molecule has 0 saturated carbocycles. The van der Waals surface area contributed by atoms with Crippen molar-refractivity contribution in [3.05, 3.63) is 0 Å². The molecule has 0 aromatic carbocycles. The van der Waals surface area contributed by atoms with Crippen LogP contribution in [-0.4, -0.2) is 43.4 Å². The normalized spacial score (nSPS) is 27.5. The number of β-amino-alcohol motifs (C(OH)–C–C–N with tert-alkyl or cyclic N) is 1. The second kappa shape index (κ2) is 3.90. The maximum atomic E-state index is 9.45. The Morgan fingerprint density at radius 3 is 2.58 bits per heavy atom. The third-order valence-corrected chi connectivity index (χ3v) is 3.57. The van der Waals surface area contributed by atoms with Gasteiger partial charge in [-0.25, -0.2) is 0 Å². The van der Waals surface area contributed by atoms with E-state index >= 15 is 0 Å². The molecule has 72 valence electrons. The average molecular weight is 187 g/mol. The van der Waals surface area contributed by atoms with Crippen molar-refractivity contribution in [1.82, 2.24) is 4.90 Å². The van der Waals surface area contributed by atoms with E-state index in [-0.39, 0.29) is 6.10 Å². The molecule has 0 spiro atoms. The molecule has 0 amide bonds. The number of hydrogen-bond acceptors (Lipinski definition) is 2. The van der Waals surface area contributed by atoms with Crippen molar-refractivity contribution in [3.63, 3.8) is 0 Å². The highest BCUT2D eigenvalue weighted by Gasteiger charge is 2.23. The van der Waals surface area contributed by atoms with Crippen molar-refractivity contribution >= 4 is 8.07 Å². The molecule has 1 N–H and O–H groups in total. The molecular weight excluding hydrogens is 166 g/mol. The highest BCUT2D eigenvalue weighted by atomic mass is 28.3. The van der Waals surface area contributed by atoms with E-state index in [0.717, 1.165) is 13.0 Å². The van der Waals surface area contributed by atoms with E-state index in [0.29, 0.717) is 0 Å². The van der Waals surface area contributed by atoms with Gasteiger partial charge in [0.05, 0.1) is 14.2 Å². The van der Waals surface area contributed by atoms with Gasteiger partial charge in [-0.15, -0.1) is 0 Å². The van der Waals surface area contributed by atoms with E-state index in [1.54, 1.807) is 0 Å². The van der Waals surface area contributed by atoms with E-state index in [1.807, 2.05) is 0 Å². The summed E-state index contributed by atoms with van der Waals surface area (Å²) < 4.78 is 0. The van der Waals surface area contributed by atoms with Crippen LogP contribution in [-0.2, 0) is 0 Å². The van der Waals surface area contributed by atoms with Crippen molar-refractivity contribution in [2.24, 2.45) is 0 Å². The van der Waals surface area contributed by atoms with Crippen molar-refractivity contribution in [2.75, 3.05) is 19.3 Å². The third kappa shape index (κ3) is 3.69. The first-order valence-electron chi connectivity index (χ1n) is 4.88. The monoisotopic (exact) mass is 187 g/mol. The number of nitrogens with zero attached hydrogens (tertiary/aromatic N) is 1. The zero-order chi connectivity index (χ0) is 9.19. The third-order valence-electron chi connectivity index (χ3n) is 2.18. The lowest BCUT2D eigenvalue weighted by Gasteiger charge is -2.34. The highest BCUT2D eigenvalue weighted by Crippen LogP contribution is 2.12. The van der Waals surface area contributed by atoms with Gasteiger partial charge >= 0.3 is 0 Å². The lowest BCUT2D eigenvalue weighted by molar-refractivity contribution is 0.0794. The minimum atomic E-state index is -0.959. The van der Waals surface area contributed by atoms with Crippen molar-refractivity contribution in [1.29, 1.82) is 0 Å². The minimum absolute atomic E-state index is 0.0601. The van der Waals surface area contributed by atoms with Gasteiger partial charge in [-0.3, -0.25) is 0 Å². The fraction of sp³-hybridized carbons (Fsp3) is 1.00. The van der Waals surface area contributed by atoms with Gasteiger partial charge in [-0.2, -0.15) is 0 Å². The van der Waals surface area contributed by atoms with Crippen molar-refractivity contribution in [3.8, 4) is 0 Å². The van der Waals surface area contributed by atoms with Gasteiger partial charge in [0.1, 0.15) is 0 Å². The zero-order valence-corrected chi connectivity index (χ0v) is 9.51. The van der Waals surface area contributed by atoms with E-state index in [9.17, 15) is 5.11 Å². The Balaban J connectivity index is 2.32. The van der Waals surface area contributed by atoms with Crippen LogP contribution in [0.15, 0.2) is 0 Å². The van der Waals surface area contributed by atoms with Gasteiger partial charge in [0.15, 0.2) is 0 Å². The van der Waals surface area contributed by atoms with Crippen LogP contribution in [0.5, 0.6) is 0 Å². The molecule has 3 heteroatoms. The van der Waals surface area contributed by atoms with Crippen LogP contribution in [0.3, 0.4) is 0 Å². The molecule has 1 saturated heterocycles. The molecule has 1 heterocycles. The summed E-state index contributed by atoms with van der Waals surface area (Å²) in [6.07, 6.45) is 3.35. The molecule has 1 unspecified atom stereocenters. The number of aliphatic hydroxyl groups excluding tert-OH is 1. The number of piperidine rings is 1. The summed E-state index contributed by atoms with van der Waals surface area (Å²) in [4.78, 5) is 2.43. The van der Waals surface area contributed by atoms with Gasteiger partial charge in [0.2, 0.25) is 0 Å². The molecule has 1 aliphatic heterocycles. The molecule has 2 nitrogen and oxygen atoms in total. The summed E-state index contributed by atoms with van der Waals surface area (Å²) in [5.41, 5.74) is 0. The predicted molar refractivity (Wildman–Crippen MR) is 55.0 cm³/mol. The summed E-state index contributed by atoms with van der Waals surface area (Å²) >= 11 is 0. The fourth-order valence-electron chi connectivity index (χ4n) is 1.85. The molecule has 0 aromatic rings. The Morgan fingerprint density at radius 2 is 2.08 bits per heavy atom. The molecule has 0 aliphatic carbocycles. The molecule has 0 radical (unpaired) electrons. The first kappa shape index (κ1) is 10.2. The summed E-state index contributed by atoms with van der Waals surface area (Å²) in [6.45, 7) is 9.25. The van der Waals surface area contributed by atoms with E-state index in [1.165, 1.54) is 19.1 Å². The lowest BCUT2D eigenvalue weighted by Crippen LogP contribution is -2.46. The first-order chi connectivity index (χ1) is 5.47. The van der Waals surface area contributed by atoms with Gasteiger partial charge in [-0.05, 0) is 25.6 Å². The summed E-state index contributed by atoms with van der Waals surface area (Å²) in [5.74, 6) is 0. The molecule has 1 fully saturated rings. The van der Waals surface area contributed by atoms with E-state index in [2.05, 4.69) is 24.5 Å². The van der Waals surface area contributed by atoms with Crippen LogP contribution in [0.1, 0.15) is 12.8 Å². The fourth-order valence-corrected chi connectivity index (χ4v) is 3.47. The minimum Gasteiger partial charge on any atom is -0.392 e. The number of aliphatic hydroxyl groups is 1. The average Bonchev–Trinajstić information content (AvgIpc) is 1.82. The quantitative estimate of drug-likeness (QED) is 0.659. The Labute approximate surface area is 76.6 Å². The Morgan fingerprint density at radius 1 is 1.42 bits per heavy atom. The molecule has 1 atom stereocenters. The maximum absolute atomic E-state index is 9.45.